The van der Waals surface area contributed by atoms with Gasteiger partial charge >= 0.3 is 0 Å². The van der Waals surface area contributed by atoms with Gasteiger partial charge in [-0.2, -0.15) is 0 Å². The third kappa shape index (κ3) is 3.22. The van der Waals surface area contributed by atoms with Crippen LogP contribution >= 0.6 is 0 Å². The van der Waals surface area contributed by atoms with Crippen LogP contribution in [0, 0.1) is 0 Å². The number of nitrogens with zero attached hydrogens (tertiary/aromatic N) is 1. The molecule has 1 aromatic heterocycles. The highest BCUT2D eigenvalue weighted by Gasteiger charge is 2.08. The summed E-state index contributed by atoms with van der Waals surface area (Å²) in [4.78, 5) is 15.8. The van der Waals surface area contributed by atoms with Crippen molar-refractivity contribution in [2.45, 2.75) is 25.8 Å². The summed E-state index contributed by atoms with van der Waals surface area (Å²) >= 11 is 0. The average molecular weight is 244 g/mol. The van der Waals surface area contributed by atoms with Crippen molar-refractivity contribution in [3.05, 3.63) is 41.4 Å². The molecule has 0 fully saturated rings. The molecule has 1 heterocycles. The standard InChI is InChI=1S/C14H16N2O2/c1-18-13-6-3-9-15-12(13)10-16-14(17)8-7-11-4-2-5-11/h2-3,6,9H,4,7-8,10H2,1H3,(H,16,17). The molecule has 0 spiro atoms. The molecule has 18 heavy (non-hydrogen) atoms. The van der Waals surface area contributed by atoms with E-state index in [1.807, 2.05) is 12.1 Å². The number of hydrogen-bond donors (Lipinski definition) is 1. The van der Waals surface area contributed by atoms with Gasteiger partial charge in [-0.3, -0.25) is 9.78 Å². The summed E-state index contributed by atoms with van der Waals surface area (Å²) in [5.74, 6) is 0.728. The normalized spacial score (nSPS) is 12.6. The van der Waals surface area contributed by atoms with E-state index in [0.717, 1.165) is 18.5 Å². The maximum atomic E-state index is 11.6. The first-order valence-electron chi connectivity index (χ1n) is 5.97. The van der Waals surface area contributed by atoms with Crippen molar-refractivity contribution in [3.63, 3.8) is 0 Å². The van der Waals surface area contributed by atoms with Gasteiger partial charge in [0.25, 0.3) is 0 Å². The van der Waals surface area contributed by atoms with Crippen LogP contribution in [0.25, 0.3) is 0 Å². The topological polar surface area (TPSA) is 51.2 Å². The predicted molar refractivity (Wildman–Crippen MR) is 68.1 cm³/mol. The van der Waals surface area contributed by atoms with Crippen molar-refractivity contribution < 1.29 is 9.53 Å². The molecule has 1 amide bonds. The Hall–Kier alpha value is -2.06. The van der Waals surface area contributed by atoms with Crippen LogP contribution in [0.2, 0.25) is 0 Å². The van der Waals surface area contributed by atoms with Crippen molar-refractivity contribution in [1.82, 2.24) is 10.3 Å². The highest BCUT2D eigenvalue weighted by Crippen LogP contribution is 2.16. The zero-order valence-electron chi connectivity index (χ0n) is 10.4. The van der Waals surface area contributed by atoms with Crippen LogP contribution in [0.5, 0.6) is 5.75 Å². The van der Waals surface area contributed by atoms with Gasteiger partial charge in [0.15, 0.2) is 0 Å². The number of aromatic nitrogens is 1. The van der Waals surface area contributed by atoms with E-state index in [-0.39, 0.29) is 5.91 Å². The van der Waals surface area contributed by atoms with Crippen LogP contribution in [-0.2, 0) is 11.3 Å². The summed E-state index contributed by atoms with van der Waals surface area (Å²) < 4.78 is 5.17. The first-order valence-corrected chi connectivity index (χ1v) is 5.97. The second-order valence-electron chi connectivity index (χ2n) is 4.09. The van der Waals surface area contributed by atoms with Crippen LogP contribution in [0.15, 0.2) is 35.7 Å². The summed E-state index contributed by atoms with van der Waals surface area (Å²) in [7, 11) is 1.59. The monoisotopic (exact) mass is 244 g/mol. The Morgan fingerprint density at radius 1 is 1.61 bits per heavy atom. The van der Waals surface area contributed by atoms with Gasteiger partial charge in [-0.05, 0) is 30.2 Å². The van der Waals surface area contributed by atoms with Crippen LogP contribution in [0.4, 0.5) is 0 Å². The Morgan fingerprint density at radius 2 is 2.44 bits per heavy atom. The van der Waals surface area contributed by atoms with Crippen LogP contribution < -0.4 is 10.1 Å². The zero-order valence-corrected chi connectivity index (χ0v) is 10.4. The molecular weight excluding hydrogens is 228 g/mol. The number of carbonyl (C=O) groups is 1. The first-order chi connectivity index (χ1) is 8.79. The molecule has 0 saturated heterocycles. The van der Waals surface area contributed by atoms with E-state index in [4.69, 9.17) is 4.74 Å². The molecule has 1 N–H and O–H groups in total. The molecule has 0 unspecified atom stereocenters. The van der Waals surface area contributed by atoms with E-state index in [0.29, 0.717) is 18.7 Å². The van der Waals surface area contributed by atoms with E-state index in [1.54, 1.807) is 19.4 Å². The molecule has 0 radical (unpaired) electrons. The van der Waals surface area contributed by atoms with Crippen LogP contribution in [-0.4, -0.2) is 18.0 Å². The second kappa shape index (κ2) is 6.03. The summed E-state index contributed by atoms with van der Waals surface area (Å²) in [6, 6.07) is 3.64. The van der Waals surface area contributed by atoms with Crippen molar-refractivity contribution in [2.24, 2.45) is 0 Å². The minimum Gasteiger partial charge on any atom is -0.495 e. The Balaban J connectivity index is 1.79. The fourth-order valence-corrected chi connectivity index (χ4v) is 1.70. The van der Waals surface area contributed by atoms with E-state index in [9.17, 15) is 4.79 Å². The third-order valence-electron chi connectivity index (χ3n) is 2.83. The third-order valence-corrected chi connectivity index (χ3v) is 2.83. The molecular formula is C14H16N2O2. The lowest BCUT2D eigenvalue weighted by Gasteiger charge is -2.09. The highest BCUT2D eigenvalue weighted by molar-refractivity contribution is 5.76. The van der Waals surface area contributed by atoms with Crippen molar-refractivity contribution >= 4 is 5.91 Å². The summed E-state index contributed by atoms with van der Waals surface area (Å²) in [5.41, 5.74) is 5.04. The van der Waals surface area contributed by atoms with E-state index in [1.165, 1.54) is 5.57 Å². The minimum absolute atomic E-state index is 0.0314. The van der Waals surface area contributed by atoms with Crippen molar-refractivity contribution in [2.75, 3.05) is 7.11 Å². The quantitative estimate of drug-likeness (QED) is 0.778. The van der Waals surface area contributed by atoms with E-state index < -0.39 is 0 Å². The number of hydrogen-bond acceptors (Lipinski definition) is 3. The summed E-state index contributed by atoms with van der Waals surface area (Å²) in [5, 5.41) is 2.84. The van der Waals surface area contributed by atoms with Gasteiger partial charge in [-0.25, -0.2) is 0 Å². The van der Waals surface area contributed by atoms with E-state index in [2.05, 4.69) is 16.0 Å². The fourth-order valence-electron chi connectivity index (χ4n) is 1.70. The molecule has 1 aromatic rings. The lowest BCUT2D eigenvalue weighted by molar-refractivity contribution is -0.121. The maximum absolute atomic E-state index is 11.6. The molecule has 0 bridgehead atoms. The molecule has 0 aromatic carbocycles. The van der Waals surface area contributed by atoms with Crippen LogP contribution in [0.1, 0.15) is 25.0 Å². The molecule has 0 atom stereocenters. The second-order valence-corrected chi connectivity index (χ2v) is 4.09. The molecule has 4 nitrogen and oxygen atoms in total. The lowest BCUT2D eigenvalue weighted by atomic mass is 10.0. The summed E-state index contributed by atoms with van der Waals surface area (Å²) in [6.45, 7) is 0.401. The molecule has 0 aliphatic heterocycles. The van der Waals surface area contributed by atoms with Gasteiger partial charge in [0, 0.05) is 19.0 Å². The minimum atomic E-state index is 0.0314. The zero-order chi connectivity index (χ0) is 12.8. The van der Waals surface area contributed by atoms with Crippen LogP contribution in [0.3, 0.4) is 0 Å². The van der Waals surface area contributed by atoms with Gasteiger partial charge < -0.3 is 10.1 Å². The lowest BCUT2D eigenvalue weighted by Crippen LogP contribution is -2.23. The van der Waals surface area contributed by atoms with Gasteiger partial charge in [-0.15, -0.1) is 5.73 Å². The average Bonchev–Trinajstić information content (AvgIpc) is 2.35. The number of pyridine rings is 1. The molecule has 2 rings (SSSR count). The first kappa shape index (κ1) is 12.4. The fraction of sp³-hybridized carbons (Fsp3) is 0.357. The Morgan fingerprint density at radius 3 is 3.11 bits per heavy atom. The number of ether oxygens (including phenoxy) is 1. The van der Waals surface area contributed by atoms with E-state index >= 15 is 0 Å². The molecule has 94 valence electrons. The highest BCUT2D eigenvalue weighted by atomic mass is 16.5. The largest absolute Gasteiger partial charge is 0.495 e. The molecule has 4 heteroatoms. The smallest absolute Gasteiger partial charge is 0.220 e. The van der Waals surface area contributed by atoms with Crippen molar-refractivity contribution in [1.29, 1.82) is 0 Å². The number of methoxy groups -OCH3 is 1. The Kier molecular flexibility index (Phi) is 4.15. The molecule has 1 aliphatic rings. The van der Waals surface area contributed by atoms with Gasteiger partial charge in [0.05, 0.1) is 13.7 Å². The summed E-state index contributed by atoms with van der Waals surface area (Å²) in [6.07, 6.45) is 5.94. The maximum Gasteiger partial charge on any atom is 0.220 e. The Labute approximate surface area is 106 Å². The SMILES string of the molecule is COc1cccnc1CNC(=O)CCC1=C=CC1. The molecule has 0 saturated carbocycles. The van der Waals surface area contributed by atoms with Crippen molar-refractivity contribution in [3.8, 4) is 5.75 Å². The number of allylic oxidation sites excluding steroid dienone is 1. The van der Waals surface area contributed by atoms with Gasteiger partial charge in [0.1, 0.15) is 11.4 Å². The number of nitrogens with one attached hydrogen (secondary N) is 1. The predicted octanol–water partition coefficient (Wildman–Crippen LogP) is 1.97. The number of rotatable bonds is 6. The van der Waals surface area contributed by atoms with Gasteiger partial charge in [-0.1, -0.05) is 0 Å². The molecule has 1 aliphatic carbocycles. The number of amides is 1. The Bertz CT molecular complexity index is 502. The van der Waals surface area contributed by atoms with Gasteiger partial charge in [0.2, 0.25) is 5.91 Å². The number of carbonyl (C=O) groups excluding carboxylic acids is 1.